The number of carbonyl (C=O) groups is 2. The van der Waals surface area contributed by atoms with Gasteiger partial charge in [-0.1, -0.05) is 35.3 Å². The van der Waals surface area contributed by atoms with Crippen LogP contribution in [0.5, 0.6) is 0 Å². The van der Waals surface area contributed by atoms with Gasteiger partial charge in [-0.05, 0) is 35.9 Å². The lowest BCUT2D eigenvalue weighted by Gasteiger charge is -2.19. The van der Waals surface area contributed by atoms with Crippen LogP contribution in [-0.4, -0.2) is 45.8 Å². The van der Waals surface area contributed by atoms with Gasteiger partial charge in [0.25, 0.3) is 5.91 Å². The standard InChI is InChI=1S/C19H20Cl2N2O5S/c1-23(2)29(26,27)17-10-13(6-9-15(17)21)19(25)22-16(11-18(24)28-3)12-4-7-14(20)8-5-12/h4-10,16H,11H2,1-3H3,(H,22,25)/t16-/m1/s1. The fourth-order valence-corrected chi connectivity index (χ4v) is 4.00. The summed E-state index contributed by atoms with van der Waals surface area (Å²) < 4.78 is 30.6. The second-order valence-corrected chi connectivity index (χ2v) is 9.25. The predicted molar refractivity (Wildman–Crippen MR) is 111 cm³/mol. The second-order valence-electron chi connectivity index (χ2n) is 6.29. The number of rotatable bonds is 7. The van der Waals surface area contributed by atoms with Crippen LogP contribution in [0.1, 0.15) is 28.4 Å². The number of nitrogens with one attached hydrogen (secondary N) is 1. The molecule has 1 amide bonds. The summed E-state index contributed by atoms with van der Waals surface area (Å²) in [6.45, 7) is 0. The minimum absolute atomic E-state index is 0.000869. The minimum Gasteiger partial charge on any atom is -0.469 e. The molecule has 10 heteroatoms. The van der Waals surface area contributed by atoms with Gasteiger partial charge in [-0.15, -0.1) is 0 Å². The molecular weight excluding hydrogens is 439 g/mol. The molecule has 2 aromatic carbocycles. The highest BCUT2D eigenvalue weighted by molar-refractivity contribution is 7.89. The second kappa shape index (κ2) is 9.58. The quantitative estimate of drug-likeness (QED) is 0.642. The number of sulfonamides is 1. The molecule has 156 valence electrons. The lowest BCUT2D eigenvalue weighted by molar-refractivity contribution is -0.141. The fourth-order valence-electron chi connectivity index (χ4n) is 2.48. The summed E-state index contributed by atoms with van der Waals surface area (Å²) in [6.07, 6.45) is -0.111. The number of benzene rings is 2. The van der Waals surface area contributed by atoms with Crippen molar-refractivity contribution in [2.24, 2.45) is 0 Å². The molecule has 0 aliphatic carbocycles. The molecule has 0 aliphatic rings. The number of hydrogen-bond acceptors (Lipinski definition) is 5. The van der Waals surface area contributed by atoms with Gasteiger partial charge < -0.3 is 10.1 Å². The highest BCUT2D eigenvalue weighted by Gasteiger charge is 2.24. The number of esters is 1. The van der Waals surface area contributed by atoms with Crippen LogP contribution in [0.3, 0.4) is 0 Å². The van der Waals surface area contributed by atoms with Crippen LogP contribution in [0.15, 0.2) is 47.4 Å². The summed E-state index contributed by atoms with van der Waals surface area (Å²) in [4.78, 5) is 24.4. The molecule has 0 bridgehead atoms. The minimum atomic E-state index is -3.84. The normalized spacial score (nSPS) is 12.5. The molecule has 0 fully saturated rings. The van der Waals surface area contributed by atoms with E-state index in [1.54, 1.807) is 24.3 Å². The van der Waals surface area contributed by atoms with Gasteiger partial charge in [0.2, 0.25) is 10.0 Å². The van der Waals surface area contributed by atoms with Crippen molar-refractivity contribution in [1.82, 2.24) is 9.62 Å². The summed E-state index contributed by atoms with van der Waals surface area (Å²) >= 11 is 11.9. The van der Waals surface area contributed by atoms with Gasteiger partial charge >= 0.3 is 5.97 Å². The van der Waals surface area contributed by atoms with Crippen molar-refractivity contribution >= 4 is 45.1 Å². The third-order valence-corrected chi connectivity index (χ3v) is 6.68. The van der Waals surface area contributed by atoms with Gasteiger partial charge in [0.15, 0.2) is 0 Å². The molecule has 2 rings (SSSR count). The number of halogens is 2. The first-order chi connectivity index (χ1) is 13.6. The Hall–Kier alpha value is -2.13. The zero-order chi connectivity index (χ0) is 21.8. The maximum Gasteiger partial charge on any atom is 0.307 e. The first kappa shape index (κ1) is 23.2. The van der Waals surface area contributed by atoms with Crippen molar-refractivity contribution in [3.63, 3.8) is 0 Å². The van der Waals surface area contributed by atoms with Gasteiger partial charge in [-0.3, -0.25) is 9.59 Å². The van der Waals surface area contributed by atoms with Crippen LogP contribution in [0, 0.1) is 0 Å². The van der Waals surface area contributed by atoms with E-state index in [1.165, 1.54) is 39.4 Å². The Bertz CT molecular complexity index is 1010. The van der Waals surface area contributed by atoms with Crippen LogP contribution < -0.4 is 5.32 Å². The molecule has 0 spiro atoms. The van der Waals surface area contributed by atoms with Crippen molar-refractivity contribution in [3.05, 3.63) is 63.6 Å². The Labute approximate surface area is 179 Å². The topological polar surface area (TPSA) is 92.8 Å². The molecular formula is C19H20Cl2N2O5S. The molecule has 0 saturated carbocycles. The SMILES string of the molecule is COC(=O)C[C@@H](NC(=O)c1ccc(Cl)c(S(=O)(=O)N(C)C)c1)c1ccc(Cl)cc1. The van der Waals surface area contributed by atoms with Crippen LogP contribution in [-0.2, 0) is 19.6 Å². The summed E-state index contributed by atoms with van der Waals surface area (Å²) in [7, 11) is 0.144. The van der Waals surface area contributed by atoms with Gasteiger partial charge in [-0.25, -0.2) is 12.7 Å². The van der Waals surface area contributed by atoms with E-state index in [0.29, 0.717) is 10.6 Å². The first-order valence-corrected chi connectivity index (χ1v) is 10.6. The molecule has 0 unspecified atom stereocenters. The third-order valence-electron chi connectivity index (χ3n) is 4.13. The van der Waals surface area contributed by atoms with E-state index in [2.05, 4.69) is 5.32 Å². The van der Waals surface area contributed by atoms with Crippen molar-refractivity contribution in [2.75, 3.05) is 21.2 Å². The van der Waals surface area contributed by atoms with E-state index in [4.69, 9.17) is 27.9 Å². The van der Waals surface area contributed by atoms with Crippen LogP contribution in [0.2, 0.25) is 10.0 Å². The molecule has 1 atom stereocenters. The van der Waals surface area contributed by atoms with Crippen molar-refractivity contribution < 1.29 is 22.7 Å². The molecule has 0 aliphatic heterocycles. The molecule has 7 nitrogen and oxygen atoms in total. The molecule has 0 heterocycles. The zero-order valence-corrected chi connectivity index (χ0v) is 18.3. The smallest absolute Gasteiger partial charge is 0.307 e. The molecule has 29 heavy (non-hydrogen) atoms. The average Bonchev–Trinajstić information content (AvgIpc) is 2.67. The van der Waals surface area contributed by atoms with Crippen LogP contribution in [0.4, 0.5) is 0 Å². The number of amides is 1. The van der Waals surface area contributed by atoms with E-state index >= 15 is 0 Å². The van der Waals surface area contributed by atoms with Crippen molar-refractivity contribution in [3.8, 4) is 0 Å². The molecule has 0 aromatic heterocycles. The van der Waals surface area contributed by atoms with Gasteiger partial charge in [0.1, 0.15) is 4.90 Å². The summed E-state index contributed by atoms with van der Waals surface area (Å²) in [6, 6.07) is 9.88. The Balaban J connectivity index is 2.36. The highest BCUT2D eigenvalue weighted by atomic mass is 35.5. The number of ether oxygens (including phenoxy) is 1. The Morgan fingerprint density at radius 1 is 1.10 bits per heavy atom. The number of carbonyl (C=O) groups excluding carboxylic acids is 2. The summed E-state index contributed by atoms with van der Waals surface area (Å²) in [5.41, 5.74) is 0.724. The third kappa shape index (κ3) is 5.70. The number of nitrogens with zero attached hydrogens (tertiary/aromatic N) is 1. The molecule has 0 radical (unpaired) electrons. The van der Waals surface area contributed by atoms with E-state index in [-0.39, 0.29) is 21.9 Å². The maximum atomic E-state index is 12.8. The van der Waals surface area contributed by atoms with Crippen LogP contribution in [0.25, 0.3) is 0 Å². The largest absolute Gasteiger partial charge is 0.469 e. The van der Waals surface area contributed by atoms with Crippen molar-refractivity contribution in [1.29, 1.82) is 0 Å². The van der Waals surface area contributed by atoms with Gasteiger partial charge in [0.05, 0.1) is 24.6 Å². The fraction of sp³-hybridized carbons (Fsp3) is 0.263. The Kier molecular flexibility index (Phi) is 7.65. The number of methoxy groups -OCH3 is 1. The summed E-state index contributed by atoms with van der Waals surface area (Å²) in [5.74, 6) is -1.09. The first-order valence-electron chi connectivity index (χ1n) is 8.41. The molecule has 1 N–H and O–H groups in total. The average molecular weight is 459 g/mol. The predicted octanol–water partition coefficient (Wildman–Crippen LogP) is 3.28. The van der Waals surface area contributed by atoms with Gasteiger partial charge in [0, 0.05) is 24.7 Å². The Morgan fingerprint density at radius 3 is 2.28 bits per heavy atom. The maximum absolute atomic E-state index is 12.8. The number of hydrogen-bond donors (Lipinski definition) is 1. The zero-order valence-electron chi connectivity index (χ0n) is 16.0. The van der Waals surface area contributed by atoms with E-state index in [0.717, 1.165) is 4.31 Å². The van der Waals surface area contributed by atoms with Gasteiger partial charge in [-0.2, -0.15) is 0 Å². The highest BCUT2D eigenvalue weighted by Crippen LogP contribution is 2.26. The van der Waals surface area contributed by atoms with E-state index < -0.39 is 27.9 Å². The lowest BCUT2D eigenvalue weighted by Crippen LogP contribution is -2.31. The van der Waals surface area contributed by atoms with E-state index in [1.807, 2.05) is 0 Å². The molecule has 2 aromatic rings. The van der Waals surface area contributed by atoms with E-state index in [9.17, 15) is 18.0 Å². The van der Waals surface area contributed by atoms with Crippen molar-refractivity contribution in [2.45, 2.75) is 17.4 Å². The monoisotopic (exact) mass is 458 g/mol. The molecule has 0 saturated heterocycles. The lowest BCUT2D eigenvalue weighted by atomic mass is 10.0. The summed E-state index contributed by atoms with van der Waals surface area (Å²) in [5, 5.41) is 3.23. The Morgan fingerprint density at radius 2 is 1.72 bits per heavy atom. The van der Waals surface area contributed by atoms with Crippen LogP contribution >= 0.6 is 23.2 Å².